The van der Waals surface area contributed by atoms with Gasteiger partial charge in [0.15, 0.2) is 0 Å². The Hall–Kier alpha value is -2.53. The number of ether oxygens (including phenoxy) is 2. The molecule has 2 aromatic carbocycles. The molecular formula is C18H17ClN2O3. The summed E-state index contributed by atoms with van der Waals surface area (Å²) in [5.41, 5.74) is 0.894. The van der Waals surface area contributed by atoms with Gasteiger partial charge in [-0.15, -0.1) is 0 Å². The molecule has 3 aromatic rings. The maximum absolute atomic E-state index is 5.83. The molecule has 0 N–H and O–H groups in total. The molecule has 0 amide bonds. The highest BCUT2D eigenvalue weighted by atomic mass is 35.5. The van der Waals surface area contributed by atoms with Gasteiger partial charge in [0, 0.05) is 23.9 Å². The number of hydrogen-bond donors (Lipinski definition) is 0. The fraction of sp³-hybridized carbons (Fsp3) is 0.222. The number of aryl methyl sites for hydroxylation is 1. The molecule has 0 aliphatic heterocycles. The Balaban J connectivity index is 1.41. The second-order valence-electron chi connectivity index (χ2n) is 5.17. The predicted molar refractivity (Wildman–Crippen MR) is 91.5 cm³/mol. The van der Waals surface area contributed by atoms with Crippen LogP contribution in [0.2, 0.25) is 5.02 Å². The summed E-state index contributed by atoms with van der Waals surface area (Å²) >= 11 is 5.83. The molecule has 0 aliphatic carbocycles. The summed E-state index contributed by atoms with van der Waals surface area (Å²) in [7, 11) is 0. The molecule has 1 heterocycles. The van der Waals surface area contributed by atoms with Crippen LogP contribution < -0.4 is 9.47 Å². The smallest absolute Gasteiger partial charge is 0.223 e. The van der Waals surface area contributed by atoms with Gasteiger partial charge in [0.05, 0.1) is 13.2 Å². The molecule has 0 saturated carbocycles. The van der Waals surface area contributed by atoms with Crippen LogP contribution in [0.1, 0.15) is 12.3 Å². The van der Waals surface area contributed by atoms with Gasteiger partial charge in [-0.2, -0.15) is 4.98 Å². The summed E-state index contributed by atoms with van der Waals surface area (Å²) in [6.45, 7) is 2.93. The monoisotopic (exact) mass is 344 g/mol. The zero-order valence-electron chi connectivity index (χ0n) is 13.2. The third kappa shape index (κ3) is 4.49. The molecule has 0 atom stereocenters. The van der Waals surface area contributed by atoms with Crippen LogP contribution in [-0.2, 0) is 0 Å². The minimum atomic E-state index is 0.547. The van der Waals surface area contributed by atoms with Crippen molar-refractivity contribution in [1.82, 2.24) is 10.1 Å². The van der Waals surface area contributed by atoms with E-state index in [1.807, 2.05) is 36.4 Å². The van der Waals surface area contributed by atoms with E-state index in [1.165, 1.54) is 0 Å². The molecule has 6 heteroatoms. The van der Waals surface area contributed by atoms with Crippen molar-refractivity contribution >= 4 is 11.6 Å². The first-order valence-electron chi connectivity index (χ1n) is 7.62. The van der Waals surface area contributed by atoms with E-state index in [0.29, 0.717) is 30.0 Å². The first-order chi connectivity index (χ1) is 11.7. The van der Waals surface area contributed by atoms with E-state index in [-0.39, 0.29) is 0 Å². The van der Waals surface area contributed by atoms with Crippen molar-refractivity contribution in [2.24, 2.45) is 0 Å². The van der Waals surface area contributed by atoms with Crippen molar-refractivity contribution in [2.45, 2.75) is 13.3 Å². The zero-order chi connectivity index (χ0) is 16.8. The molecule has 0 spiro atoms. The minimum absolute atomic E-state index is 0.547. The van der Waals surface area contributed by atoms with Gasteiger partial charge in [-0.1, -0.05) is 16.8 Å². The maximum Gasteiger partial charge on any atom is 0.223 e. The SMILES string of the molecule is Cc1nc(-c2ccc(OCCCOc3ccc(Cl)cc3)cc2)no1. The molecule has 0 radical (unpaired) electrons. The van der Waals surface area contributed by atoms with Crippen LogP contribution in [0.3, 0.4) is 0 Å². The van der Waals surface area contributed by atoms with Gasteiger partial charge in [0.25, 0.3) is 0 Å². The first-order valence-corrected chi connectivity index (χ1v) is 8.00. The van der Waals surface area contributed by atoms with Gasteiger partial charge < -0.3 is 14.0 Å². The lowest BCUT2D eigenvalue weighted by Gasteiger charge is -2.08. The second kappa shape index (κ2) is 7.84. The van der Waals surface area contributed by atoms with Gasteiger partial charge in [-0.05, 0) is 48.5 Å². The van der Waals surface area contributed by atoms with Crippen LogP contribution in [0.4, 0.5) is 0 Å². The van der Waals surface area contributed by atoms with Crippen LogP contribution in [0.25, 0.3) is 11.4 Å². The lowest BCUT2D eigenvalue weighted by molar-refractivity contribution is 0.247. The number of rotatable bonds is 7. The van der Waals surface area contributed by atoms with Crippen molar-refractivity contribution in [3.05, 3.63) is 59.4 Å². The predicted octanol–water partition coefficient (Wildman–Crippen LogP) is 4.55. The second-order valence-corrected chi connectivity index (χ2v) is 5.60. The standard InChI is InChI=1S/C18H17ClN2O3/c1-13-20-18(21-24-13)14-3-7-16(8-4-14)22-11-2-12-23-17-9-5-15(19)6-10-17/h3-10H,2,11-12H2,1H3. The number of aromatic nitrogens is 2. The van der Waals surface area contributed by atoms with E-state index in [1.54, 1.807) is 19.1 Å². The van der Waals surface area contributed by atoms with E-state index in [9.17, 15) is 0 Å². The summed E-state index contributed by atoms with van der Waals surface area (Å²) in [5, 5.41) is 4.58. The molecular weight excluding hydrogens is 328 g/mol. The zero-order valence-corrected chi connectivity index (χ0v) is 14.0. The molecule has 0 saturated heterocycles. The Morgan fingerprint density at radius 2 is 1.50 bits per heavy atom. The van der Waals surface area contributed by atoms with Crippen LogP contribution in [0.5, 0.6) is 11.5 Å². The Morgan fingerprint density at radius 3 is 2.04 bits per heavy atom. The number of hydrogen-bond acceptors (Lipinski definition) is 5. The van der Waals surface area contributed by atoms with Gasteiger partial charge in [0.1, 0.15) is 11.5 Å². The van der Waals surface area contributed by atoms with Crippen molar-refractivity contribution in [3.63, 3.8) is 0 Å². The molecule has 1 aromatic heterocycles. The Labute approximate surface area is 145 Å². The first kappa shape index (κ1) is 16.3. The number of halogens is 1. The quantitative estimate of drug-likeness (QED) is 0.589. The van der Waals surface area contributed by atoms with E-state index < -0.39 is 0 Å². The Morgan fingerprint density at radius 1 is 0.917 bits per heavy atom. The van der Waals surface area contributed by atoms with Crippen LogP contribution in [0, 0.1) is 6.92 Å². The third-order valence-electron chi connectivity index (χ3n) is 3.28. The van der Waals surface area contributed by atoms with Gasteiger partial charge in [-0.3, -0.25) is 0 Å². The van der Waals surface area contributed by atoms with E-state index in [2.05, 4.69) is 10.1 Å². The molecule has 0 bridgehead atoms. The van der Waals surface area contributed by atoms with Crippen LogP contribution >= 0.6 is 11.6 Å². The average molecular weight is 345 g/mol. The molecule has 24 heavy (non-hydrogen) atoms. The van der Waals surface area contributed by atoms with Crippen LogP contribution in [0.15, 0.2) is 53.1 Å². The van der Waals surface area contributed by atoms with Crippen molar-refractivity contribution in [3.8, 4) is 22.9 Å². The topological polar surface area (TPSA) is 57.4 Å². The maximum atomic E-state index is 5.83. The highest BCUT2D eigenvalue weighted by Crippen LogP contribution is 2.20. The van der Waals surface area contributed by atoms with Crippen molar-refractivity contribution < 1.29 is 14.0 Å². The summed E-state index contributed by atoms with van der Waals surface area (Å²) in [4.78, 5) is 4.19. The molecule has 0 fully saturated rings. The van der Waals surface area contributed by atoms with Gasteiger partial charge in [0.2, 0.25) is 11.7 Å². The molecule has 3 rings (SSSR count). The Bertz CT molecular complexity index is 770. The number of benzene rings is 2. The van der Waals surface area contributed by atoms with Gasteiger partial charge >= 0.3 is 0 Å². The van der Waals surface area contributed by atoms with E-state index in [0.717, 1.165) is 23.5 Å². The average Bonchev–Trinajstić information content (AvgIpc) is 3.03. The van der Waals surface area contributed by atoms with E-state index in [4.69, 9.17) is 25.6 Å². The van der Waals surface area contributed by atoms with Crippen LogP contribution in [-0.4, -0.2) is 23.4 Å². The molecule has 5 nitrogen and oxygen atoms in total. The largest absolute Gasteiger partial charge is 0.493 e. The molecule has 0 unspecified atom stereocenters. The van der Waals surface area contributed by atoms with Gasteiger partial charge in [-0.25, -0.2) is 0 Å². The summed E-state index contributed by atoms with van der Waals surface area (Å²) in [6.07, 6.45) is 0.786. The highest BCUT2D eigenvalue weighted by Gasteiger charge is 2.05. The van der Waals surface area contributed by atoms with E-state index >= 15 is 0 Å². The number of nitrogens with zero attached hydrogens (tertiary/aromatic N) is 2. The Kier molecular flexibility index (Phi) is 5.33. The molecule has 124 valence electrons. The summed E-state index contributed by atoms with van der Waals surface area (Å²) < 4.78 is 16.3. The van der Waals surface area contributed by atoms with Crippen molar-refractivity contribution in [1.29, 1.82) is 0 Å². The fourth-order valence-electron chi connectivity index (χ4n) is 2.09. The normalized spacial score (nSPS) is 10.6. The fourth-order valence-corrected chi connectivity index (χ4v) is 2.21. The third-order valence-corrected chi connectivity index (χ3v) is 3.53. The van der Waals surface area contributed by atoms with Crippen molar-refractivity contribution in [2.75, 3.05) is 13.2 Å². The lowest BCUT2D eigenvalue weighted by Crippen LogP contribution is -2.04. The lowest BCUT2D eigenvalue weighted by atomic mass is 10.2. The summed E-state index contributed by atoms with van der Waals surface area (Å²) in [6, 6.07) is 14.9. The summed E-state index contributed by atoms with van der Waals surface area (Å²) in [5.74, 6) is 2.73. The highest BCUT2D eigenvalue weighted by molar-refractivity contribution is 6.30. The minimum Gasteiger partial charge on any atom is -0.493 e. The molecule has 0 aliphatic rings.